The largest absolute Gasteiger partial charge is 0.379 e. The molecule has 1 aromatic carbocycles. The van der Waals surface area contributed by atoms with E-state index in [9.17, 15) is 8.42 Å². The van der Waals surface area contributed by atoms with Gasteiger partial charge in [0.25, 0.3) is 0 Å². The second-order valence-corrected chi connectivity index (χ2v) is 8.42. The number of nitrogens with zero attached hydrogens (tertiary/aromatic N) is 3. The molecule has 4 rings (SSSR count). The van der Waals surface area contributed by atoms with Gasteiger partial charge < -0.3 is 9.64 Å². The molecule has 25 heavy (non-hydrogen) atoms. The van der Waals surface area contributed by atoms with E-state index in [0.29, 0.717) is 31.2 Å². The summed E-state index contributed by atoms with van der Waals surface area (Å²) in [4.78, 5) is 2.52. The van der Waals surface area contributed by atoms with Crippen LogP contribution in [0.3, 0.4) is 0 Å². The third-order valence-corrected chi connectivity index (χ3v) is 7.05. The Bertz CT molecular complexity index is 901. The number of hydrogen-bond donors (Lipinski definition) is 1. The van der Waals surface area contributed by atoms with Crippen molar-refractivity contribution in [2.75, 3.05) is 37.7 Å². The Hall–Kier alpha value is -1.90. The highest BCUT2D eigenvalue weighted by atomic mass is 32.2. The molecule has 1 fully saturated rings. The van der Waals surface area contributed by atoms with Crippen molar-refractivity contribution in [1.29, 1.82) is 0 Å². The van der Waals surface area contributed by atoms with Crippen LogP contribution in [0.25, 0.3) is 0 Å². The number of rotatable bonds is 3. The molecule has 1 saturated heterocycles. The highest BCUT2D eigenvalue weighted by molar-refractivity contribution is 7.89. The van der Waals surface area contributed by atoms with Crippen LogP contribution in [-0.2, 0) is 21.2 Å². The molecule has 8 heteroatoms. The topological polar surface area (TPSA) is 78.5 Å². The second-order valence-electron chi connectivity index (χ2n) is 6.52. The quantitative estimate of drug-likeness (QED) is 0.900. The molecule has 1 N–H and O–H groups in total. The lowest BCUT2D eigenvalue weighted by Gasteiger charge is -2.29. The molecular formula is C17H22N4O3S. The number of aryl methyl sites for hydroxylation is 1. The summed E-state index contributed by atoms with van der Waals surface area (Å²) < 4.78 is 33.0. The zero-order valence-electron chi connectivity index (χ0n) is 14.4. The van der Waals surface area contributed by atoms with Crippen LogP contribution in [0.2, 0.25) is 0 Å². The first kappa shape index (κ1) is 16.6. The van der Waals surface area contributed by atoms with Gasteiger partial charge >= 0.3 is 0 Å². The highest BCUT2D eigenvalue weighted by Crippen LogP contribution is 2.39. The molecule has 0 radical (unpaired) electrons. The Morgan fingerprint density at radius 2 is 1.92 bits per heavy atom. The summed E-state index contributed by atoms with van der Waals surface area (Å²) in [5.41, 5.74) is 3.97. The molecule has 1 aromatic heterocycles. The van der Waals surface area contributed by atoms with E-state index in [2.05, 4.69) is 15.1 Å². The van der Waals surface area contributed by atoms with Crippen LogP contribution in [0.15, 0.2) is 23.2 Å². The van der Waals surface area contributed by atoms with Crippen molar-refractivity contribution in [2.45, 2.75) is 25.2 Å². The summed E-state index contributed by atoms with van der Waals surface area (Å²) in [7, 11) is -3.52. The van der Waals surface area contributed by atoms with Crippen molar-refractivity contribution in [1.82, 2.24) is 14.5 Å². The van der Waals surface area contributed by atoms with E-state index < -0.39 is 10.0 Å². The summed E-state index contributed by atoms with van der Waals surface area (Å²) in [5, 5.41) is 7.16. The number of hydrogen-bond acceptors (Lipinski definition) is 5. The summed E-state index contributed by atoms with van der Waals surface area (Å²) in [5.74, 6) is 0.965. The van der Waals surface area contributed by atoms with Gasteiger partial charge in [-0.05, 0) is 37.5 Å². The first-order chi connectivity index (χ1) is 12.0. The van der Waals surface area contributed by atoms with E-state index in [-0.39, 0.29) is 0 Å². The second kappa shape index (κ2) is 6.12. The Morgan fingerprint density at radius 3 is 2.68 bits per heavy atom. The number of benzene rings is 1. The fraction of sp³-hybridized carbons (Fsp3) is 0.471. The third kappa shape index (κ3) is 2.65. The lowest BCUT2D eigenvalue weighted by molar-refractivity contribution is 0.0730. The number of ether oxygens (including phenoxy) is 1. The Balaban J connectivity index is 1.79. The fourth-order valence-electron chi connectivity index (χ4n) is 3.73. The van der Waals surface area contributed by atoms with Gasteiger partial charge in [-0.2, -0.15) is 9.40 Å². The van der Waals surface area contributed by atoms with Gasteiger partial charge in [-0.3, -0.25) is 5.10 Å². The number of nitrogens with one attached hydrogen (secondary N) is 1. The number of aromatic amines is 1. The zero-order valence-corrected chi connectivity index (χ0v) is 15.3. The van der Waals surface area contributed by atoms with Gasteiger partial charge in [0.1, 0.15) is 5.82 Å². The van der Waals surface area contributed by atoms with Crippen molar-refractivity contribution in [2.24, 2.45) is 0 Å². The molecule has 0 spiro atoms. The van der Waals surface area contributed by atoms with Gasteiger partial charge in [-0.1, -0.05) is 6.07 Å². The van der Waals surface area contributed by atoms with Gasteiger partial charge in [0.2, 0.25) is 10.0 Å². The molecule has 0 bridgehead atoms. The van der Waals surface area contributed by atoms with E-state index in [0.717, 1.165) is 35.6 Å². The molecule has 0 saturated carbocycles. The lowest BCUT2D eigenvalue weighted by Crippen LogP contribution is -2.41. The summed E-state index contributed by atoms with van der Waals surface area (Å²) >= 11 is 0. The first-order valence-corrected chi connectivity index (χ1v) is 9.92. The molecule has 0 amide bonds. The minimum atomic E-state index is -3.52. The number of morpholine rings is 1. The van der Waals surface area contributed by atoms with Crippen LogP contribution in [0.4, 0.5) is 11.5 Å². The van der Waals surface area contributed by atoms with Crippen LogP contribution in [0.1, 0.15) is 16.7 Å². The van der Waals surface area contributed by atoms with Crippen LogP contribution in [0, 0.1) is 13.8 Å². The number of H-pyrrole nitrogens is 1. The normalized spacial score (nSPS) is 18.6. The van der Waals surface area contributed by atoms with Crippen LogP contribution in [-0.4, -0.2) is 55.8 Å². The third-order valence-electron chi connectivity index (χ3n) is 5.01. The predicted octanol–water partition coefficient (Wildman–Crippen LogP) is 1.74. The maximum atomic E-state index is 13.1. The Kier molecular flexibility index (Phi) is 4.05. The first-order valence-electron chi connectivity index (χ1n) is 8.48. The molecule has 0 aliphatic carbocycles. The van der Waals surface area contributed by atoms with Crippen LogP contribution in [0.5, 0.6) is 0 Å². The van der Waals surface area contributed by atoms with Crippen molar-refractivity contribution in [3.8, 4) is 0 Å². The predicted molar refractivity (Wildman–Crippen MR) is 94.8 cm³/mol. The monoisotopic (exact) mass is 362 g/mol. The standard InChI is InChI=1S/C17H22N4O3S/c1-12-3-4-15(25(22,23)20-7-9-24-10-8-20)13(2)16(12)21-6-5-14-11-18-19-17(14)21/h3-4,11H,5-10H2,1-2H3,(H,18,19). The Morgan fingerprint density at radius 1 is 1.16 bits per heavy atom. The minimum Gasteiger partial charge on any atom is -0.379 e. The van der Waals surface area contributed by atoms with Gasteiger partial charge in [0.15, 0.2) is 0 Å². The summed E-state index contributed by atoms with van der Waals surface area (Å²) in [6.45, 7) is 6.43. The maximum absolute atomic E-state index is 13.1. The summed E-state index contributed by atoms with van der Waals surface area (Å²) in [6.07, 6.45) is 2.75. The van der Waals surface area contributed by atoms with E-state index in [4.69, 9.17) is 4.74 Å². The maximum Gasteiger partial charge on any atom is 0.243 e. The van der Waals surface area contributed by atoms with Gasteiger partial charge in [-0.15, -0.1) is 0 Å². The van der Waals surface area contributed by atoms with Crippen molar-refractivity contribution < 1.29 is 13.2 Å². The minimum absolute atomic E-state index is 0.378. The zero-order chi connectivity index (χ0) is 17.6. The van der Waals surface area contributed by atoms with E-state index in [1.165, 1.54) is 9.87 Å². The van der Waals surface area contributed by atoms with Crippen molar-refractivity contribution in [3.63, 3.8) is 0 Å². The van der Waals surface area contributed by atoms with Gasteiger partial charge in [0, 0.05) is 30.9 Å². The van der Waals surface area contributed by atoms with Gasteiger partial charge in [-0.25, -0.2) is 8.42 Å². The van der Waals surface area contributed by atoms with Crippen LogP contribution < -0.4 is 4.90 Å². The molecule has 0 unspecified atom stereocenters. The fourth-order valence-corrected chi connectivity index (χ4v) is 5.36. The number of anilines is 2. The molecule has 2 aliphatic rings. The number of aromatic nitrogens is 2. The van der Waals surface area contributed by atoms with Crippen LogP contribution >= 0.6 is 0 Å². The summed E-state index contributed by atoms with van der Waals surface area (Å²) in [6, 6.07) is 3.62. The highest BCUT2D eigenvalue weighted by Gasteiger charge is 2.31. The smallest absolute Gasteiger partial charge is 0.243 e. The van der Waals surface area contributed by atoms with E-state index in [1.54, 1.807) is 6.07 Å². The molecule has 2 aliphatic heterocycles. The molecule has 134 valence electrons. The van der Waals surface area contributed by atoms with Crippen molar-refractivity contribution in [3.05, 3.63) is 35.0 Å². The average molecular weight is 362 g/mol. The van der Waals surface area contributed by atoms with Gasteiger partial charge in [0.05, 0.1) is 24.3 Å². The Labute approximate surface area is 147 Å². The van der Waals surface area contributed by atoms with Crippen molar-refractivity contribution >= 4 is 21.5 Å². The lowest BCUT2D eigenvalue weighted by atomic mass is 10.1. The average Bonchev–Trinajstić information content (AvgIpc) is 3.20. The molecule has 7 nitrogen and oxygen atoms in total. The molecule has 0 atom stereocenters. The SMILES string of the molecule is Cc1ccc(S(=O)(=O)N2CCOCC2)c(C)c1N1CCc2cn[nH]c21. The number of fused-ring (bicyclic) bond motifs is 1. The van der Waals surface area contributed by atoms with E-state index >= 15 is 0 Å². The molecular weight excluding hydrogens is 340 g/mol. The van der Waals surface area contributed by atoms with E-state index in [1.807, 2.05) is 26.1 Å². The molecule has 3 heterocycles. The molecule has 2 aromatic rings. The number of sulfonamides is 1.